The zero-order valence-corrected chi connectivity index (χ0v) is 8.89. The Balaban J connectivity index is 2.12. The van der Waals surface area contributed by atoms with Crippen LogP contribution in [0.15, 0.2) is 24.3 Å². The fraction of sp³-hybridized carbons (Fsp3) is 0.500. The van der Waals surface area contributed by atoms with E-state index in [4.69, 9.17) is 10.8 Å². The SMILES string of the molecule is Nc1ccc(N(CCO)C2CCC2)cc1. The van der Waals surface area contributed by atoms with Gasteiger partial charge in [-0.15, -0.1) is 0 Å². The number of nitrogens with two attached hydrogens (primary N) is 1. The van der Waals surface area contributed by atoms with E-state index >= 15 is 0 Å². The molecule has 0 saturated heterocycles. The van der Waals surface area contributed by atoms with E-state index in [1.165, 1.54) is 24.9 Å². The van der Waals surface area contributed by atoms with Crippen LogP contribution in [-0.4, -0.2) is 24.3 Å². The zero-order chi connectivity index (χ0) is 10.7. The second kappa shape index (κ2) is 4.53. The minimum Gasteiger partial charge on any atom is -0.399 e. The molecule has 3 heteroatoms. The largest absolute Gasteiger partial charge is 0.399 e. The topological polar surface area (TPSA) is 49.5 Å². The molecule has 0 aliphatic heterocycles. The van der Waals surface area contributed by atoms with Gasteiger partial charge in [-0.1, -0.05) is 0 Å². The molecule has 15 heavy (non-hydrogen) atoms. The van der Waals surface area contributed by atoms with E-state index in [9.17, 15) is 0 Å². The van der Waals surface area contributed by atoms with Gasteiger partial charge in [0.05, 0.1) is 6.61 Å². The molecular formula is C12H18N2O. The summed E-state index contributed by atoms with van der Waals surface area (Å²) in [4.78, 5) is 2.28. The highest BCUT2D eigenvalue weighted by atomic mass is 16.3. The molecular weight excluding hydrogens is 188 g/mol. The molecule has 1 fully saturated rings. The van der Waals surface area contributed by atoms with Gasteiger partial charge >= 0.3 is 0 Å². The van der Waals surface area contributed by atoms with E-state index in [-0.39, 0.29) is 6.61 Å². The van der Waals surface area contributed by atoms with Gasteiger partial charge in [0, 0.05) is 24.0 Å². The first-order valence-corrected chi connectivity index (χ1v) is 5.54. The van der Waals surface area contributed by atoms with Crippen molar-refractivity contribution in [1.82, 2.24) is 0 Å². The van der Waals surface area contributed by atoms with Crippen LogP contribution in [-0.2, 0) is 0 Å². The molecule has 1 aromatic carbocycles. The highest BCUT2D eigenvalue weighted by Crippen LogP contribution is 2.29. The molecule has 1 aromatic rings. The Morgan fingerprint density at radius 2 is 1.93 bits per heavy atom. The number of hydrogen-bond acceptors (Lipinski definition) is 3. The molecule has 0 unspecified atom stereocenters. The molecule has 0 radical (unpaired) electrons. The summed E-state index contributed by atoms with van der Waals surface area (Å²) >= 11 is 0. The van der Waals surface area contributed by atoms with Crippen LogP contribution >= 0.6 is 0 Å². The average molecular weight is 206 g/mol. The van der Waals surface area contributed by atoms with Crippen molar-refractivity contribution in [3.8, 4) is 0 Å². The molecule has 82 valence electrons. The van der Waals surface area contributed by atoms with Gasteiger partial charge in [0.2, 0.25) is 0 Å². The number of anilines is 2. The maximum Gasteiger partial charge on any atom is 0.0606 e. The van der Waals surface area contributed by atoms with Gasteiger partial charge in [0.25, 0.3) is 0 Å². The predicted molar refractivity (Wildman–Crippen MR) is 62.9 cm³/mol. The summed E-state index contributed by atoms with van der Waals surface area (Å²) in [6.07, 6.45) is 3.79. The lowest BCUT2D eigenvalue weighted by atomic mass is 9.91. The summed E-state index contributed by atoms with van der Waals surface area (Å²) in [7, 11) is 0. The van der Waals surface area contributed by atoms with E-state index in [1.807, 2.05) is 24.3 Å². The summed E-state index contributed by atoms with van der Waals surface area (Å²) < 4.78 is 0. The fourth-order valence-corrected chi connectivity index (χ4v) is 1.99. The zero-order valence-electron chi connectivity index (χ0n) is 8.89. The van der Waals surface area contributed by atoms with E-state index in [0.29, 0.717) is 12.6 Å². The van der Waals surface area contributed by atoms with Gasteiger partial charge in [0.1, 0.15) is 0 Å². The molecule has 0 bridgehead atoms. The third-order valence-corrected chi connectivity index (χ3v) is 3.08. The molecule has 0 atom stereocenters. The minimum atomic E-state index is 0.209. The number of rotatable bonds is 4. The minimum absolute atomic E-state index is 0.209. The Morgan fingerprint density at radius 3 is 2.40 bits per heavy atom. The van der Waals surface area contributed by atoms with Crippen LogP contribution in [0.4, 0.5) is 11.4 Å². The number of benzene rings is 1. The average Bonchev–Trinajstić information content (AvgIpc) is 2.16. The molecule has 2 rings (SSSR count). The second-order valence-corrected chi connectivity index (χ2v) is 4.09. The van der Waals surface area contributed by atoms with E-state index < -0.39 is 0 Å². The molecule has 1 aliphatic carbocycles. The lowest BCUT2D eigenvalue weighted by Gasteiger charge is -2.39. The van der Waals surface area contributed by atoms with Crippen molar-refractivity contribution in [3.05, 3.63) is 24.3 Å². The predicted octanol–water partition coefficient (Wildman–Crippen LogP) is 1.62. The summed E-state index contributed by atoms with van der Waals surface area (Å²) in [6.45, 7) is 0.926. The Labute approximate surface area is 90.5 Å². The summed E-state index contributed by atoms with van der Waals surface area (Å²) in [6, 6.07) is 8.50. The van der Waals surface area contributed by atoms with Gasteiger partial charge in [-0.05, 0) is 43.5 Å². The van der Waals surface area contributed by atoms with Crippen LogP contribution in [0, 0.1) is 0 Å². The normalized spacial score (nSPS) is 16.1. The Morgan fingerprint density at radius 1 is 1.27 bits per heavy atom. The lowest BCUT2D eigenvalue weighted by molar-refractivity contribution is 0.283. The Bertz CT molecular complexity index is 306. The van der Waals surface area contributed by atoms with Crippen LogP contribution in [0.2, 0.25) is 0 Å². The van der Waals surface area contributed by atoms with Crippen molar-refractivity contribution in [2.24, 2.45) is 0 Å². The van der Waals surface area contributed by atoms with Crippen molar-refractivity contribution in [1.29, 1.82) is 0 Å². The van der Waals surface area contributed by atoms with Crippen molar-refractivity contribution in [3.63, 3.8) is 0 Å². The fourth-order valence-electron chi connectivity index (χ4n) is 1.99. The number of hydrogen-bond donors (Lipinski definition) is 2. The van der Waals surface area contributed by atoms with Crippen molar-refractivity contribution in [2.75, 3.05) is 23.8 Å². The highest BCUT2D eigenvalue weighted by Gasteiger charge is 2.24. The summed E-state index contributed by atoms with van der Waals surface area (Å²) in [5, 5.41) is 9.05. The van der Waals surface area contributed by atoms with Gasteiger partial charge in [-0.25, -0.2) is 0 Å². The third kappa shape index (κ3) is 2.23. The Kier molecular flexibility index (Phi) is 3.11. The highest BCUT2D eigenvalue weighted by molar-refractivity contribution is 5.54. The molecule has 1 aliphatic rings. The molecule has 0 heterocycles. The van der Waals surface area contributed by atoms with Crippen molar-refractivity contribution in [2.45, 2.75) is 25.3 Å². The van der Waals surface area contributed by atoms with Crippen LogP contribution in [0.5, 0.6) is 0 Å². The first kappa shape index (κ1) is 10.3. The van der Waals surface area contributed by atoms with Crippen LogP contribution in [0.1, 0.15) is 19.3 Å². The van der Waals surface area contributed by atoms with Gasteiger partial charge in [0.15, 0.2) is 0 Å². The van der Waals surface area contributed by atoms with Crippen molar-refractivity contribution < 1.29 is 5.11 Å². The summed E-state index contributed by atoms with van der Waals surface area (Å²) in [5.74, 6) is 0. The molecule has 0 amide bonds. The first-order chi connectivity index (χ1) is 7.31. The smallest absolute Gasteiger partial charge is 0.0606 e. The van der Waals surface area contributed by atoms with Crippen LogP contribution < -0.4 is 10.6 Å². The quantitative estimate of drug-likeness (QED) is 0.736. The van der Waals surface area contributed by atoms with Crippen LogP contribution in [0.3, 0.4) is 0 Å². The van der Waals surface area contributed by atoms with Gasteiger partial charge < -0.3 is 15.7 Å². The second-order valence-electron chi connectivity index (χ2n) is 4.09. The Hall–Kier alpha value is -1.22. The number of nitrogen functional groups attached to an aromatic ring is 1. The van der Waals surface area contributed by atoms with E-state index in [1.54, 1.807) is 0 Å². The maximum atomic E-state index is 9.05. The number of nitrogens with zero attached hydrogens (tertiary/aromatic N) is 1. The first-order valence-electron chi connectivity index (χ1n) is 5.54. The lowest BCUT2D eigenvalue weighted by Crippen LogP contribution is -2.41. The van der Waals surface area contributed by atoms with Crippen LogP contribution in [0.25, 0.3) is 0 Å². The summed E-state index contributed by atoms with van der Waals surface area (Å²) in [5.41, 5.74) is 7.61. The molecule has 0 aromatic heterocycles. The van der Waals surface area contributed by atoms with Crippen molar-refractivity contribution >= 4 is 11.4 Å². The molecule has 3 nitrogen and oxygen atoms in total. The maximum absolute atomic E-state index is 9.05. The van der Waals surface area contributed by atoms with E-state index in [0.717, 1.165) is 5.69 Å². The number of aliphatic hydroxyl groups is 1. The van der Waals surface area contributed by atoms with Gasteiger partial charge in [-0.3, -0.25) is 0 Å². The third-order valence-electron chi connectivity index (χ3n) is 3.08. The molecule has 0 spiro atoms. The number of aliphatic hydroxyl groups excluding tert-OH is 1. The molecule has 3 N–H and O–H groups in total. The standard InChI is InChI=1S/C12H18N2O/c13-10-4-6-12(7-5-10)14(8-9-15)11-2-1-3-11/h4-7,11,15H,1-3,8-9,13H2. The monoisotopic (exact) mass is 206 g/mol. The van der Waals surface area contributed by atoms with E-state index in [2.05, 4.69) is 4.90 Å². The molecule has 1 saturated carbocycles. The van der Waals surface area contributed by atoms with Gasteiger partial charge in [-0.2, -0.15) is 0 Å².